The Labute approximate surface area is 247 Å². The van der Waals surface area contributed by atoms with Gasteiger partial charge in [-0.1, -0.05) is 0 Å². The quantitative estimate of drug-likeness (QED) is 0.0499. The Morgan fingerprint density at radius 1 is 0.857 bits per heavy atom. The highest BCUT2D eigenvalue weighted by Crippen LogP contribution is 2.42. The van der Waals surface area contributed by atoms with Crippen molar-refractivity contribution in [1.82, 2.24) is 9.88 Å². The summed E-state index contributed by atoms with van der Waals surface area (Å²) in [5.74, 6) is 0.0283. The van der Waals surface area contributed by atoms with Gasteiger partial charge in [0.15, 0.2) is 6.67 Å². The second kappa shape index (κ2) is 13.7. The number of phenols is 2. The third kappa shape index (κ3) is 7.67. The maximum Gasteiger partial charge on any atom is 0.241 e. The van der Waals surface area contributed by atoms with Crippen LogP contribution in [0.25, 0.3) is 0 Å². The first-order valence-corrected chi connectivity index (χ1v) is 14.5. The number of hydrogen-bond acceptors (Lipinski definition) is 7. The molecule has 0 fully saturated rings. The first-order valence-electron chi connectivity index (χ1n) is 14.5. The van der Waals surface area contributed by atoms with Gasteiger partial charge in [0.1, 0.15) is 30.1 Å². The average molecular weight is 571 g/mol. The summed E-state index contributed by atoms with van der Waals surface area (Å²) in [4.78, 5) is 6.79. The molecule has 8 N–H and O–H groups in total. The van der Waals surface area contributed by atoms with Crippen LogP contribution in [0.15, 0.2) is 85.7 Å². The van der Waals surface area contributed by atoms with Crippen LogP contribution >= 0.6 is 0 Å². The maximum absolute atomic E-state index is 10.7. The lowest BCUT2D eigenvalue weighted by Gasteiger charge is -2.17. The van der Waals surface area contributed by atoms with Crippen LogP contribution in [0.3, 0.4) is 0 Å². The minimum absolute atomic E-state index is 0.0135. The third-order valence-electron chi connectivity index (χ3n) is 7.34. The molecule has 1 aliphatic rings. The molecule has 0 saturated carbocycles. The largest absolute Gasteiger partial charge is 0.505 e. The molecule has 4 aromatic rings. The summed E-state index contributed by atoms with van der Waals surface area (Å²) < 4.78 is 2.12. The van der Waals surface area contributed by atoms with Gasteiger partial charge < -0.3 is 36.4 Å². The van der Waals surface area contributed by atoms with Gasteiger partial charge in [0.25, 0.3) is 0 Å². The number of phenolic OH excluding ortho intramolecular Hbond substituents is 2. The molecule has 1 unspecified atom stereocenters. The van der Waals surface area contributed by atoms with Gasteiger partial charge in [-0.25, -0.2) is 4.57 Å². The first-order chi connectivity index (χ1) is 20.4. The fourth-order valence-corrected chi connectivity index (χ4v) is 4.92. The van der Waals surface area contributed by atoms with Gasteiger partial charge in [-0.15, -0.1) is 0 Å². The Kier molecular flexibility index (Phi) is 9.35. The van der Waals surface area contributed by atoms with Gasteiger partial charge in [-0.2, -0.15) is 0 Å². The van der Waals surface area contributed by atoms with Crippen LogP contribution in [0.5, 0.6) is 11.5 Å². The number of H-pyrrole nitrogens is 1. The summed E-state index contributed by atoms with van der Waals surface area (Å²) in [7, 11) is 2.16. The fraction of sp³-hybridized carbons (Fsp3) is 0.281. The van der Waals surface area contributed by atoms with Gasteiger partial charge in [-0.05, 0) is 67.9 Å². The van der Waals surface area contributed by atoms with Crippen LogP contribution in [-0.2, 0) is 6.54 Å². The number of anilines is 6. The van der Waals surface area contributed by atoms with E-state index in [4.69, 9.17) is 0 Å². The molecule has 0 spiro atoms. The number of hydrogen-bond donors (Lipinski definition) is 8. The van der Waals surface area contributed by atoms with Crippen molar-refractivity contribution in [3.05, 3.63) is 91.3 Å². The highest BCUT2D eigenvalue weighted by Gasteiger charge is 2.15. The maximum atomic E-state index is 10.7. The zero-order chi connectivity index (χ0) is 29.3. The minimum Gasteiger partial charge on any atom is -0.505 e. The molecule has 0 amide bonds. The Morgan fingerprint density at radius 3 is 1.95 bits per heavy atom. The second-order valence-electron chi connectivity index (χ2n) is 10.7. The number of aromatic nitrogens is 2. The highest BCUT2D eigenvalue weighted by molar-refractivity contribution is 5.80. The summed E-state index contributed by atoms with van der Waals surface area (Å²) in [5, 5.41) is 35.0. The van der Waals surface area contributed by atoms with Crippen molar-refractivity contribution < 1.29 is 19.7 Å². The van der Waals surface area contributed by atoms with E-state index in [0.717, 1.165) is 68.4 Å². The summed E-state index contributed by atoms with van der Waals surface area (Å²) in [5.41, 5.74) is 5.17. The van der Waals surface area contributed by atoms with E-state index in [0.29, 0.717) is 16.9 Å². The van der Waals surface area contributed by atoms with Crippen molar-refractivity contribution in [3.63, 3.8) is 0 Å². The number of rotatable bonds is 14. The second-order valence-corrected chi connectivity index (χ2v) is 10.7. The average Bonchev–Trinajstić information content (AvgIpc) is 3.68. The third-order valence-corrected chi connectivity index (χ3v) is 7.34. The number of aryl methyl sites for hydroxylation is 1. The van der Waals surface area contributed by atoms with Gasteiger partial charge in [0.05, 0.1) is 31.2 Å². The smallest absolute Gasteiger partial charge is 0.241 e. The van der Waals surface area contributed by atoms with Crippen molar-refractivity contribution >= 4 is 34.1 Å². The van der Waals surface area contributed by atoms with Crippen molar-refractivity contribution in [1.29, 1.82) is 0 Å². The zero-order valence-corrected chi connectivity index (χ0v) is 24.3. The first kappa shape index (κ1) is 28.7. The molecule has 2 heterocycles. The topological polar surface area (TPSA) is 116 Å². The van der Waals surface area contributed by atoms with Gasteiger partial charge in [-0.3, -0.25) is 9.88 Å². The number of aromatic hydroxyl groups is 2. The Hall–Kier alpha value is -4.83. The van der Waals surface area contributed by atoms with E-state index in [1.165, 1.54) is 4.90 Å². The number of benzene rings is 3. The highest BCUT2D eigenvalue weighted by atomic mass is 16.3. The minimum atomic E-state index is 0.0135. The summed E-state index contributed by atoms with van der Waals surface area (Å²) >= 11 is 0. The molecule has 1 aliphatic heterocycles. The molecule has 10 nitrogen and oxygen atoms in total. The molecule has 220 valence electrons. The molecule has 42 heavy (non-hydrogen) atoms. The monoisotopic (exact) mass is 570 g/mol. The van der Waals surface area contributed by atoms with E-state index in [9.17, 15) is 10.2 Å². The van der Waals surface area contributed by atoms with E-state index in [1.54, 1.807) is 13.0 Å². The molecule has 10 heteroatoms. The lowest BCUT2D eigenvalue weighted by molar-refractivity contribution is -0.826. The van der Waals surface area contributed by atoms with Crippen LogP contribution in [-0.4, -0.2) is 53.4 Å². The van der Waals surface area contributed by atoms with E-state index in [2.05, 4.69) is 55.2 Å². The molecule has 0 aliphatic carbocycles. The van der Waals surface area contributed by atoms with Crippen LogP contribution < -0.4 is 30.7 Å². The normalized spacial score (nSPS) is 14.2. The van der Waals surface area contributed by atoms with E-state index >= 15 is 0 Å². The standard InChI is InChI=1S/C32H40N8O2/c1-24-31(41)29(36-27-9-5-25(6-10-27)34-13-3-16-39-18-15-33-22-39)21-30(32(24)42)37-28-11-7-26(8-12-28)35-14-4-17-40-20-19-38(2)23-40/h5-12,15,18-22,34-37,41-42H,3-4,13-14,16-17,23H2,1-2H3/p+2. The molecule has 0 saturated heterocycles. The molecular formula is C32H42N8O2+2. The van der Waals surface area contributed by atoms with Crippen molar-refractivity contribution in [2.75, 3.05) is 54.6 Å². The predicted molar refractivity (Wildman–Crippen MR) is 169 cm³/mol. The van der Waals surface area contributed by atoms with Crippen molar-refractivity contribution in [3.8, 4) is 11.5 Å². The van der Waals surface area contributed by atoms with Gasteiger partial charge in [0.2, 0.25) is 6.33 Å². The Bertz CT molecular complexity index is 1450. The molecular weight excluding hydrogens is 528 g/mol. The van der Waals surface area contributed by atoms with Crippen LogP contribution in [0.4, 0.5) is 34.1 Å². The summed E-state index contributed by atoms with van der Waals surface area (Å²) in [6.45, 7) is 6.47. The molecule has 0 bridgehead atoms. The van der Waals surface area contributed by atoms with E-state index in [-0.39, 0.29) is 11.5 Å². The Morgan fingerprint density at radius 2 is 1.43 bits per heavy atom. The predicted octanol–water partition coefficient (Wildman–Crippen LogP) is 4.07. The molecule has 3 aromatic carbocycles. The molecule has 1 atom stereocenters. The number of nitrogens with one attached hydrogen (secondary N) is 6. The lowest BCUT2D eigenvalue weighted by Crippen LogP contribution is -3.03. The van der Waals surface area contributed by atoms with Gasteiger partial charge in [0, 0.05) is 54.4 Å². The molecule has 0 radical (unpaired) electrons. The fourth-order valence-electron chi connectivity index (χ4n) is 4.92. The lowest BCUT2D eigenvalue weighted by atomic mass is 10.1. The number of quaternary nitrogens is 1. The van der Waals surface area contributed by atoms with Crippen LogP contribution in [0, 0.1) is 6.92 Å². The molecule has 5 rings (SSSR count). The van der Waals surface area contributed by atoms with E-state index in [1.807, 2.05) is 67.3 Å². The summed E-state index contributed by atoms with van der Waals surface area (Å²) in [6, 6.07) is 17.7. The van der Waals surface area contributed by atoms with Crippen LogP contribution in [0.1, 0.15) is 18.4 Å². The number of nitrogens with zero attached hydrogens (tertiary/aromatic N) is 2. The zero-order valence-electron chi connectivity index (χ0n) is 24.3. The molecule has 1 aromatic heterocycles. The van der Waals surface area contributed by atoms with Crippen LogP contribution in [0.2, 0.25) is 0 Å². The number of imidazole rings is 1. The number of aromatic amines is 1. The SMILES string of the molecule is Cc1c(O)c(Nc2ccc(NCCCN3C=C[NH+](C)C3)cc2)cc(Nc2ccc(NCCC[n+]3cc[nH]c3)cc2)c1O. The summed E-state index contributed by atoms with van der Waals surface area (Å²) in [6.07, 6.45) is 12.3. The van der Waals surface area contributed by atoms with Crippen molar-refractivity contribution in [2.45, 2.75) is 26.3 Å². The van der Waals surface area contributed by atoms with Gasteiger partial charge >= 0.3 is 0 Å². The Balaban J connectivity index is 1.13. The van der Waals surface area contributed by atoms with E-state index < -0.39 is 0 Å². The van der Waals surface area contributed by atoms with Crippen molar-refractivity contribution in [2.24, 2.45) is 0 Å².